The highest BCUT2D eigenvalue weighted by atomic mass is 19.1. The van der Waals surface area contributed by atoms with E-state index in [1.807, 2.05) is 54.7 Å². The Morgan fingerprint density at radius 3 is 2.42 bits per heavy atom. The van der Waals surface area contributed by atoms with Crippen molar-refractivity contribution in [1.82, 2.24) is 20.1 Å². The number of hydrogen-bond acceptors (Lipinski definition) is 4. The molecular formula is C31H35FN4O2. The molecule has 0 radical (unpaired) electrons. The van der Waals surface area contributed by atoms with Gasteiger partial charge in [-0.3, -0.25) is 9.89 Å². The minimum Gasteiger partial charge on any atom is -0.478 e. The van der Waals surface area contributed by atoms with Crippen molar-refractivity contribution in [3.63, 3.8) is 0 Å². The molecule has 4 aromatic rings. The minimum atomic E-state index is -0.440. The summed E-state index contributed by atoms with van der Waals surface area (Å²) < 4.78 is 20.2. The Morgan fingerprint density at radius 1 is 0.947 bits per heavy atom. The summed E-state index contributed by atoms with van der Waals surface area (Å²) in [4.78, 5) is 17.9. The van der Waals surface area contributed by atoms with Gasteiger partial charge < -0.3 is 9.64 Å². The van der Waals surface area contributed by atoms with E-state index in [2.05, 4.69) is 34.2 Å². The molecule has 6 nitrogen and oxygen atoms in total. The maximum atomic E-state index is 14.4. The van der Waals surface area contributed by atoms with Gasteiger partial charge in [0.25, 0.3) is 0 Å². The molecule has 0 atom stereocenters. The molecule has 0 aliphatic rings. The highest BCUT2D eigenvalue weighted by Gasteiger charge is 2.16. The zero-order valence-electron chi connectivity index (χ0n) is 22.3. The lowest BCUT2D eigenvalue weighted by molar-refractivity contribution is -0.128. The summed E-state index contributed by atoms with van der Waals surface area (Å²) in [6, 6.07) is 19.8. The molecule has 7 heteroatoms. The van der Waals surface area contributed by atoms with Crippen LogP contribution in [0.1, 0.15) is 62.1 Å². The number of amides is 1. The lowest BCUT2D eigenvalue weighted by Gasteiger charge is -2.16. The van der Waals surface area contributed by atoms with E-state index in [0.717, 1.165) is 59.9 Å². The average Bonchev–Trinajstić information content (AvgIpc) is 3.31. The number of allylic oxidation sites excluding steroid dienone is 1. The van der Waals surface area contributed by atoms with Crippen molar-refractivity contribution in [2.75, 3.05) is 20.7 Å². The molecule has 0 saturated carbocycles. The van der Waals surface area contributed by atoms with Crippen molar-refractivity contribution in [3.05, 3.63) is 89.5 Å². The van der Waals surface area contributed by atoms with Crippen LogP contribution in [-0.2, 0) is 4.79 Å². The van der Waals surface area contributed by atoms with E-state index in [0.29, 0.717) is 29.8 Å². The summed E-state index contributed by atoms with van der Waals surface area (Å²) in [5, 5.41) is 6.92. The van der Waals surface area contributed by atoms with E-state index in [1.54, 1.807) is 19.0 Å². The van der Waals surface area contributed by atoms with Gasteiger partial charge in [0.15, 0.2) is 0 Å². The Kier molecular flexibility index (Phi) is 9.25. The van der Waals surface area contributed by atoms with E-state index in [-0.39, 0.29) is 5.91 Å². The molecule has 1 amide bonds. The first-order chi connectivity index (χ1) is 18.5. The third kappa shape index (κ3) is 6.65. The highest BCUT2D eigenvalue weighted by molar-refractivity contribution is 6.00. The summed E-state index contributed by atoms with van der Waals surface area (Å²) >= 11 is 0. The molecule has 0 aliphatic carbocycles. The number of aromatic nitrogens is 3. The number of H-pyrrole nitrogens is 1. The van der Waals surface area contributed by atoms with Gasteiger partial charge in [-0.1, -0.05) is 56.2 Å². The Labute approximate surface area is 223 Å². The van der Waals surface area contributed by atoms with Crippen LogP contribution < -0.4 is 4.74 Å². The zero-order chi connectivity index (χ0) is 26.9. The van der Waals surface area contributed by atoms with Gasteiger partial charge in [-0.25, -0.2) is 4.98 Å². The predicted octanol–water partition coefficient (Wildman–Crippen LogP) is 6.88. The number of carbonyl (C=O) groups is 1. The van der Waals surface area contributed by atoms with Crippen LogP contribution in [0.2, 0.25) is 0 Å². The van der Waals surface area contributed by atoms with Crippen molar-refractivity contribution >= 4 is 28.0 Å². The standard InChI is InChI=1S/C31H35FN4O2/c1-4-25(22-12-8-7-9-13-22)30(23-15-17-27-26(20-23)31(32)35-34-27)24-16-18-28(33-21-24)38-19-11-6-5-10-14-29(37)36(2)3/h7-9,12-13,15-18,20-21H,4-6,10-11,14,19H2,1-3H3,(H,34,35)/b30-25-. The van der Waals surface area contributed by atoms with Crippen molar-refractivity contribution in [1.29, 1.82) is 0 Å². The third-order valence-corrected chi connectivity index (χ3v) is 6.63. The van der Waals surface area contributed by atoms with E-state index in [1.165, 1.54) is 0 Å². The second-order valence-corrected chi connectivity index (χ2v) is 9.53. The van der Waals surface area contributed by atoms with Gasteiger partial charge in [0.2, 0.25) is 17.7 Å². The molecule has 198 valence electrons. The third-order valence-electron chi connectivity index (χ3n) is 6.63. The molecule has 0 bridgehead atoms. The van der Waals surface area contributed by atoms with Gasteiger partial charge in [0.05, 0.1) is 17.5 Å². The molecule has 0 saturated heterocycles. The first kappa shape index (κ1) is 27.0. The number of hydrogen-bond donors (Lipinski definition) is 1. The SMILES string of the molecule is CC/C(=C(/c1ccc(OCCCCCCC(=O)N(C)C)nc1)c1ccc2n[nH]c(F)c2c1)c1ccccc1. The molecule has 0 fully saturated rings. The smallest absolute Gasteiger partial charge is 0.222 e. The Bertz CT molecular complexity index is 1380. The normalized spacial score (nSPS) is 11.9. The van der Waals surface area contributed by atoms with E-state index < -0.39 is 5.95 Å². The van der Waals surface area contributed by atoms with Crippen LogP contribution in [0.4, 0.5) is 4.39 Å². The molecule has 2 aromatic heterocycles. The fraction of sp³-hybridized carbons (Fsp3) is 0.323. The summed E-state index contributed by atoms with van der Waals surface area (Å²) in [7, 11) is 3.57. The number of rotatable bonds is 12. The monoisotopic (exact) mass is 514 g/mol. The van der Waals surface area contributed by atoms with Gasteiger partial charge >= 0.3 is 0 Å². The summed E-state index contributed by atoms with van der Waals surface area (Å²) in [5.41, 5.74) is 5.71. The number of aromatic amines is 1. The second kappa shape index (κ2) is 13.0. The fourth-order valence-electron chi connectivity index (χ4n) is 4.56. The first-order valence-corrected chi connectivity index (χ1v) is 13.2. The number of fused-ring (bicyclic) bond motifs is 1. The van der Waals surface area contributed by atoms with Crippen LogP contribution in [0, 0.1) is 5.95 Å². The molecule has 38 heavy (non-hydrogen) atoms. The van der Waals surface area contributed by atoms with E-state index in [4.69, 9.17) is 4.74 Å². The highest BCUT2D eigenvalue weighted by Crippen LogP contribution is 2.35. The topological polar surface area (TPSA) is 71.1 Å². The Balaban J connectivity index is 1.50. The molecule has 0 spiro atoms. The van der Waals surface area contributed by atoms with Crippen molar-refractivity contribution < 1.29 is 13.9 Å². The fourth-order valence-corrected chi connectivity index (χ4v) is 4.56. The number of carbonyl (C=O) groups excluding carboxylic acids is 1. The average molecular weight is 515 g/mol. The number of ether oxygens (including phenoxy) is 1. The van der Waals surface area contributed by atoms with Gasteiger partial charge in [0, 0.05) is 38.3 Å². The predicted molar refractivity (Wildman–Crippen MR) is 150 cm³/mol. The van der Waals surface area contributed by atoms with Crippen LogP contribution in [0.5, 0.6) is 5.88 Å². The van der Waals surface area contributed by atoms with Crippen molar-refractivity contribution in [3.8, 4) is 5.88 Å². The van der Waals surface area contributed by atoms with Crippen LogP contribution >= 0.6 is 0 Å². The van der Waals surface area contributed by atoms with Crippen molar-refractivity contribution in [2.24, 2.45) is 0 Å². The maximum Gasteiger partial charge on any atom is 0.222 e. The Hall–Kier alpha value is -4.00. The quantitative estimate of drug-likeness (QED) is 0.165. The zero-order valence-corrected chi connectivity index (χ0v) is 22.3. The molecular weight excluding hydrogens is 479 g/mol. The maximum absolute atomic E-state index is 14.4. The number of halogens is 1. The minimum absolute atomic E-state index is 0.173. The molecule has 1 N–H and O–H groups in total. The van der Waals surface area contributed by atoms with Gasteiger partial charge in [-0.15, -0.1) is 0 Å². The summed E-state index contributed by atoms with van der Waals surface area (Å²) in [5.74, 6) is 0.308. The number of pyridine rings is 1. The second-order valence-electron chi connectivity index (χ2n) is 9.53. The molecule has 2 aromatic carbocycles. The molecule has 0 unspecified atom stereocenters. The van der Waals surface area contributed by atoms with Crippen LogP contribution in [-0.4, -0.2) is 46.7 Å². The lowest BCUT2D eigenvalue weighted by Crippen LogP contribution is -2.20. The first-order valence-electron chi connectivity index (χ1n) is 13.2. The number of nitrogens with one attached hydrogen (secondary N) is 1. The van der Waals surface area contributed by atoms with Gasteiger partial charge in [-0.2, -0.15) is 9.49 Å². The van der Waals surface area contributed by atoms with Gasteiger partial charge in [0.1, 0.15) is 0 Å². The lowest BCUT2D eigenvalue weighted by atomic mass is 9.88. The number of benzene rings is 2. The van der Waals surface area contributed by atoms with Crippen LogP contribution in [0.25, 0.3) is 22.0 Å². The number of nitrogens with zero attached hydrogens (tertiary/aromatic N) is 3. The van der Waals surface area contributed by atoms with Crippen molar-refractivity contribution in [2.45, 2.75) is 45.4 Å². The van der Waals surface area contributed by atoms with E-state index in [9.17, 15) is 9.18 Å². The largest absolute Gasteiger partial charge is 0.478 e. The van der Waals surface area contributed by atoms with E-state index >= 15 is 0 Å². The summed E-state index contributed by atoms with van der Waals surface area (Å²) in [6.45, 7) is 2.71. The molecule has 0 aliphatic heterocycles. The van der Waals surface area contributed by atoms with Gasteiger partial charge in [-0.05, 0) is 59.7 Å². The Morgan fingerprint density at radius 2 is 1.71 bits per heavy atom. The molecule has 2 heterocycles. The molecule has 4 rings (SSSR count). The number of unbranched alkanes of at least 4 members (excludes halogenated alkanes) is 3. The van der Waals surface area contributed by atoms with Crippen LogP contribution in [0.15, 0.2) is 66.9 Å². The van der Waals surface area contributed by atoms with Crippen LogP contribution in [0.3, 0.4) is 0 Å². The summed E-state index contributed by atoms with van der Waals surface area (Å²) in [6.07, 6.45) is 7.04.